The summed E-state index contributed by atoms with van der Waals surface area (Å²) < 4.78 is 18.6. The van der Waals surface area contributed by atoms with Gasteiger partial charge in [-0.2, -0.15) is 0 Å². The molecule has 1 N–H and O–H groups in total. The van der Waals surface area contributed by atoms with Gasteiger partial charge in [-0.1, -0.05) is 0 Å². The van der Waals surface area contributed by atoms with Crippen molar-refractivity contribution in [2.45, 2.75) is 12.8 Å². The molecule has 1 heterocycles. The lowest BCUT2D eigenvalue weighted by Crippen LogP contribution is -2.24. The third kappa shape index (κ3) is 1.79. The van der Waals surface area contributed by atoms with Crippen molar-refractivity contribution in [3.63, 3.8) is 0 Å². The first-order valence-electron chi connectivity index (χ1n) is 4.91. The Balaban J connectivity index is 2.37. The molecule has 1 fully saturated rings. The van der Waals surface area contributed by atoms with Crippen molar-refractivity contribution in [3.05, 3.63) is 24.0 Å². The average Bonchev–Trinajstić information content (AvgIpc) is 2.65. The van der Waals surface area contributed by atoms with Crippen LogP contribution in [0.25, 0.3) is 0 Å². The van der Waals surface area contributed by atoms with Crippen LogP contribution in [0.4, 0.5) is 10.1 Å². The third-order valence-electron chi connectivity index (χ3n) is 2.57. The lowest BCUT2D eigenvalue weighted by molar-refractivity contribution is 0.414. The first-order chi connectivity index (χ1) is 7.22. The van der Waals surface area contributed by atoms with Crippen molar-refractivity contribution >= 4 is 11.5 Å². The minimum Gasteiger partial charge on any atom is -0.497 e. The van der Waals surface area contributed by atoms with Gasteiger partial charge in [0.1, 0.15) is 17.4 Å². The van der Waals surface area contributed by atoms with Gasteiger partial charge in [0.05, 0.1) is 12.8 Å². The zero-order chi connectivity index (χ0) is 10.8. The summed E-state index contributed by atoms with van der Waals surface area (Å²) in [5.74, 6) is 0.788. The molecule has 0 aromatic heterocycles. The SMILES string of the molecule is COc1ccc(F)c(N2CCCC2=N)c1. The fourth-order valence-corrected chi connectivity index (χ4v) is 1.77. The summed E-state index contributed by atoms with van der Waals surface area (Å²) in [6, 6.07) is 4.59. The quantitative estimate of drug-likeness (QED) is 0.810. The Morgan fingerprint density at radius 3 is 2.87 bits per heavy atom. The molecule has 4 heteroatoms. The molecule has 1 aromatic carbocycles. The molecule has 1 aliphatic rings. The molecule has 1 aliphatic heterocycles. The first-order valence-corrected chi connectivity index (χ1v) is 4.91. The van der Waals surface area contributed by atoms with E-state index in [-0.39, 0.29) is 5.82 Å². The van der Waals surface area contributed by atoms with E-state index in [1.165, 1.54) is 6.07 Å². The molecule has 1 saturated heterocycles. The van der Waals surface area contributed by atoms with E-state index >= 15 is 0 Å². The summed E-state index contributed by atoms with van der Waals surface area (Å²) in [6.07, 6.45) is 1.63. The Morgan fingerprint density at radius 1 is 1.47 bits per heavy atom. The predicted molar refractivity (Wildman–Crippen MR) is 57.3 cm³/mol. The number of anilines is 1. The fraction of sp³-hybridized carbons (Fsp3) is 0.364. The molecule has 0 spiro atoms. The smallest absolute Gasteiger partial charge is 0.147 e. The Hall–Kier alpha value is -1.58. The molecule has 0 atom stereocenters. The van der Waals surface area contributed by atoms with E-state index in [1.807, 2.05) is 0 Å². The van der Waals surface area contributed by atoms with Crippen LogP contribution < -0.4 is 9.64 Å². The van der Waals surface area contributed by atoms with Crippen LogP contribution in [-0.4, -0.2) is 19.5 Å². The molecular weight excluding hydrogens is 195 g/mol. The minimum absolute atomic E-state index is 0.303. The number of hydrogen-bond donors (Lipinski definition) is 1. The van der Waals surface area contributed by atoms with Gasteiger partial charge >= 0.3 is 0 Å². The average molecular weight is 208 g/mol. The molecule has 0 bridgehead atoms. The highest BCUT2D eigenvalue weighted by atomic mass is 19.1. The maximum Gasteiger partial charge on any atom is 0.147 e. The Kier molecular flexibility index (Phi) is 2.58. The summed E-state index contributed by atoms with van der Waals surface area (Å²) in [5.41, 5.74) is 0.442. The van der Waals surface area contributed by atoms with E-state index in [0.717, 1.165) is 12.8 Å². The van der Waals surface area contributed by atoms with Crippen LogP contribution >= 0.6 is 0 Å². The van der Waals surface area contributed by atoms with E-state index in [9.17, 15) is 4.39 Å². The second-order valence-electron chi connectivity index (χ2n) is 3.52. The molecule has 1 aromatic rings. The second-order valence-corrected chi connectivity index (χ2v) is 3.52. The van der Waals surface area contributed by atoms with Crippen molar-refractivity contribution in [2.75, 3.05) is 18.6 Å². The number of nitrogens with one attached hydrogen (secondary N) is 1. The van der Waals surface area contributed by atoms with E-state index in [4.69, 9.17) is 10.1 Å². The van der Waals surface area contributed by atoms with Gasteiger partial charge in [-0.25, -0.2) is 4.39 Å². The van der Waals surface area contributed by atoms with Crippen LogP contribution in [0.5, 0.6) is 5.75 Å². The summed E-state index contributed by atoms with van der Waals surface area (Å²) in [4.78, 5) is 1.69. The van der Waals surface area contributed by atoms with Crippen LogP contribution in [0.2, 0.25) is 0 Å². The Bertz CT molecular complexity index is 392. The monoisotopic (exact) mass is 208 g/mol. The maximum absolute atomic E-state index is 13.5. The zero-order valence-electron chi connectivity index (χ0n) is 8.59. The Morgan fingerprint density at radius 2 is 2.27 bits per heavy atom. The first kappa shape index (κ1) is 9.96. The van der Waals surface area contributed by atoms with Crippen LogP contribution in [0.15, 0.2) is 18.2 Å². The second kappa shape index (κ2) is 3.88. The molecule has 15 heavy (non-hydrogen) atoms. The highest BCUT2D eigenvalue weighted by molar-refractivity contribution is 5.97. The molecule has 80 valence electrons. The van der Waals surface area contributed by atoms with Crippen molar-refractivity contribution in [2.24, 2.45) is 0 Å². The van der Waals surface area contributed by atoms with Gasteiger partial charge < -0.3 is 9.64 Å². The molecule has 0 saturated carbocycles. The van der Waals surface area contributed by atoms with Gasteiger partial charge in [-0.05, 0) is 18.6 Å². The largest absolute Gasteiger partial charge is 0.497 e. The number of ether oxygens (including phenoxy) is 1. The minimum atomic E-state index is -0.303. The summed E-state index contributed by atoms with van der Waals surface area (Å²) in [6.45, 7) is 0.711. The van der Waals surface area contributed by atoms with E-state index in [2.05, 4.69) is 0 Å². The van der Waals surface area contributed by atoms with Crippen molar-refractivity contribution in [3.8, 4) is 5.75 Å². The number of benzene rings is 1. The summed E-state index contributed by atoms with van der Waals surface area (Å²) >= 11 is 0. The number of methoxy groups -OCH3 is 1. The lowest BCUT2D eigenvalue weighted by Gasteiger charge is -2.19. The number of rotatable bonds is 2. The highest BCUT2D eigenvalue weighted by Gasteiger charge is 2.21. The molecular formula is C11H13FN2O. The lowest BCUT2D eigenvalue weighted by atomic mass is 10.2. The molecule has 0 aliphatic carbocycles. The molecule has 0 unspecified atom stereocenters. The van der Waals surface area contributed by atoms with Gasteiger partial charge in [-0.3, -0.25) is 5.41 Å². The van der Waals surface area contributed by atoms with Gasteiger partial charge in [0, 0.05) is 19.0 Å². The number of amidine groups is 1. The summed E-state index contributed by atoms with van der Waals surface area (Å²) in [7, 11) is 1.55. The molecule has 0 radical (unpaired) electrons. The van der Waals surface area contributed by atoms with Crippen LogP contribution in [0.1, 0.15) is 12.8 Å². The van der Waals surface area contributed by atoms with Gasteiger partial charge in [0.25, 0.3) is 0 Å². The van der Waals surface area contributed by atoms with E-state index in [0.29, 0.717) is 23.8 Å². The predicted octanol–water partition coefficient (Wildman–Crippen LogP) is 2.41. The fourth-order valence-electron chi connectivity index (χ4n) is 1.77. The van der Waals surface area contributed by atoms with Crippen molar-refractivity contribution in [1.82, 2.24) is 0 Å². The van der Waals surface area contributed by atoms with E-state index in [1.54, 1.807) is 24.1 Å². The zero-order valence-corrected chi connectivity index (χ0v) is 8.59. The Labute approximate surface area is 88.0 Å². The topological polar surface area (TPSA) is 36.3 Å². The maximum atomic E-state index is 13.5. The molecule has 0 amide bonds. The normalized spacial score (nSPS) is 15.9. The molecule has 3 nitrogen and oxygen atoms in total. The molecule has 2 rings (SSSR count). The number of hydrogen-bond acceptors (Lipinski definition) is 2. The van der Waals surface area contributed by atoms with Crippen molar-refractivity contribution in [1.29, 1.82) is 5.41 Å². The van der Waals surface area contributed by atoms with Gasteiger partial charge in [0.15, 0.2) is 0 Å². The van der Waals surface area contributed by atoms with Gasteiger partial charge in [-0.15, -0.1) is 0 Å². The standard InChI is InChI=1S/C11H13FN2O/c1-15-8-4-5-9(12)10(7-8)14-6-2-3-11(14)13/h4-5,7,13H,2-3,6H2,1H3. The van der Waals surface area contributed by atoms with Gasteiger partial charge in [0.2, 0.25) is 0 Å². The third-order valence-corrected chi connectivity index (χ3v) is 2.57. The van der Waals surface area contributed by atoms with Crippen LogP contribution in [0, 0.1) is 11.2 Å². The van der Waals surface area contributed by atoms with Crippen LogP contribution in [-0.2, 0) is 0 Å². The summed E-state index contributed by atoms with van der Waals surface area (Å²) in [5, 5.41) is 7.69. The number of halogens is 1. The highest BCUT2D eigenvalue weighted by Crippen LogP contribution is 2.28. The number of nitrogens with zero attached hydrogens (tertiary/aromatic N) is 1. The van der Waals surface area contributed by atoms with Crippen LogP contribution in [0.3, 0.4) is 0 Å². The van der Waals surface area contributed by atoms with E-state index < -0.39 is 0 Å². The van der Waals surface area contributed by atoms with Crippen molar-refractivity contribution < 1.29 is 9.13 Å².